The third kappa shape index (κ3) is 5.36. The van der Waals surface area contributed by atoms with E-state index in [-0.39, 0.29) is 24.8 Å². The molecule has 3 aromatic carbocycles. The summed E-state index contributed by atoms with van der Waals surface area (Å²) in [6.45, 7) is 1.65. The number of carbonyl (C=O) groups is 3. The van der Waals surface area contributed by atoms with Gasteiger partial charge < -0.3 is 15.0 Å². The average molecular weight is 440 g/mol. The number of nitrogens with one attached hydrogen (secondary N) is 1. The maximum atomic E-state index is 12.9. The number of rotatable bonds is 6. The molecule has 1 aliphatic heterocycles. The van der Waals surface area contributed by atoms with Gasteiger partial charge in [-0.25, -0.2) is 4.79 Å². The summed E-state index contributed by atoms with van der Waals surface area (Å²) >= 11 is 0. The van der Waals surface area contributed by atoms with Gasteiger partial charge in [-0.05, 0) is 41.0 Å². The van der Waals surface area contributed by atoms with Crippen LogP contribution >= 0.6 is 0 Å². The molecule has 0 aromatic heterocycles. The Morgan fingerprint density at radius 3 is 2.48 bits per heavy atom. The Bertz CT molecular complexity index is 1200. The van der Waals surface area contributed by atoms with Crippen LogP contribution in [0.15, 0.2) is 85.1 Å². The molecule has 0 spiro atoms. The van der Waals surface area contributed by atoms with Crippen molar-refractivity contribution in [3.63, 3.8) is 0 Å². The lowest BCUT2D eigenvalue weighted by molar-refractivity contribution is -0.129. The normalized spacial score (nSPS) is 14.3. The Morgan fingerprint density at radius 1 is 0.939 bits per heavy atom. The molecule has 0 bridgehead atoms. The topological polar surface area (TPSA) is 75.7 Å². The van der Waals surface area contributed by atoms with Gasteiger partial charge in [0.25, 0.3) is 0 Å². The highest BCUT2D eigenvalue weighted by Gasteiger charge is 2.28. The maximum absolute atomic E-state index is 12.9. The summed E-state index contributed by atoms with van der Waals surface area (Å²) in [5, 5.41) is 2.84. The summed E-state index contributed by atoms with van der Waals surface area (Å²) in [6.07, 6.45) is 3.67. The molecule has 0 fully saturated rings. The molecular weight excluding hydrogens is 416 g/mol. The van der Waals surface area contributed by atoms with Crippen molar-refractivity contribution in [2.24, 2.45) is 0 Å². The van der Waals surface area contributed by atoms with Crippen LogP contribution in [0.5, 0.6) is 0 Å². The van der Waals surface area contributed by atoms with Gasteiger partial charge in [-0.15, -0.1) is 0 Å². The van der Waals surface area contributed by atoms with Gasteiger partial charge in [0, 0.05) is 18.8 Å². The standard InChI is InChI=1S/C27H24N2O4/c1-19(30)29-15-14-21-10-5-6-13-24(21)25(29)17-26(31)28-23-12-7-11-22(16-23)27(32)33-18-20-8-3-2-4-9-20/h2-16,25H,17-18H2,1H3,(H,28,31). The molecule has 4 rings (SSSR count). The first-order valence-corrected chi connectivity index (χ1v) is 10.7. The third-order valence-electron chi connectivity index (χ3n) is 5.44. The number of hydrogen-bond acceptors (Lipinski definition) is 4. The zero-order chi connectivity index (χ0) is 23.2. The molecule has 3 aromatic rings. The van der Waals surface area contributed by atoms with Crippen LogP contribution in [0.4, 0.5) is 5.69 Å². The molecule has 2 amide bonds. The predicted molar refractivity (Wildman–Crippen MR) is 126 cm³/mol. The van der Waals surface area contributed by atoms with Crippen LogP contribution in [0.2, 0.25) is 0 Å². The second-order valence-corrected chi connectivity index (χ2v) is 7.78. The molecule has 1 aliphatic rings. The summed E-state index contributed by atoms with van der Waals surface area (Å²) in [4.78, 5) is 39.0. The SMILES string of the molecule is CC(=O)N1C=Cc2ccccc2C1CC(=O)Nc1cccc(C(=O)OCc2ccccc2)c1. The average Bonchev–Trinajstić information content (AvgIpc) is 2.83. The van der Waals surface area contributed by atoms with Crippen molar-refractivity contribution < 1.29 is 19.1 Å². The first-order valence-electron chi connectivity index (χ1n) is 10.7. The maximum Gasteiger partial charge on any atom is 0.338 e. The fourth-order valence-corrected chi connectivity index (χ4v) is 3.83. The fraction of sp³-hybridized carbons (Fsp3) is 0.148. The van der Waals surface area contributed by atoms with E-state index >= 15 is 0 Å². The quantitative estimate of drug-likeness (QED) is 0.551. The van der Waals surface area contributed by atoms with Crippen molar-refractivity contribution in [1.29, 1.82) is 0 Å². The minimum absolute atomic E-state index is 0.0869. The molecule has 1 N–H and O–H groups in total. The molecule has 6 heteroatoms. The second kappa shape index (κ2) is 9.96. The monoisotopic (exact) mass is 440 g/mol. The largest absolute Gasteiger partial charge is 0.457 e. The zero-order valence-corrected chi connectivity index (χ0v) is 18.2. The lowest BCUT2D eigenvalue weighted by Crippen LogP contribution is -2.33. The molecule has 0 saturated heterocycles. The minimum Gasteiger partial charge on any atom is -0.457 e. The summed E-state index contributed by atoms with van der Waals surface area (Å²) in [5.74, 6) is -0.864. The van der Waals surface area contributed by atoms with E-state index in [1.165, 1.54) is 6.92 Å². The fourth-order valence-electron chi connectivity index (χ4n) is 3.83. The van der Waals surface area contributed by atoms with Crippen molar-refractivity contribution in [1.82, 2.24) is 4.90 Å². The molecule has 166 valence electrons. The van der Waals surface area contributed by atoms with Crippen LogP contribution < -0.4 is 5.32 Å². The van der Waals surface area contributed by atoms with Gasteiger partial charge in [-0.1, -0.05) is 60.7 Å². The van der Waals surface area contributed by atoms with Crippen LogP contribution in [0, 0.1) is 0 Å². The van der Waals surface area contributed by atoms with E-state index in [9.17, 15) is 14.4 Å². The zero-order valence-electron chi connectivity index (χ0n) is 18.2. The number of carbonyl (C=O) groups excluding carboxylic acids is 3. The number of fused-ring (bicyclic) bond motifs is 1. The number of benzene rings is 3. The van der Waals surface area contributed by atoms with E-state index in [4.69, 9.17) is 4.74 Å². The molecule has 1 atom stereocenters. The summed E-state index contributed by atoms with van der Waals surface area (Å²) < 4.78 is 5.37. The van der Waals surface area contributed by atoms with Crippen molar-refractivity contribution in [3.8, 4) is 0 Å². The van der Waals surface area contributed by atoms with Gasteiger partial charge in [0.05, 0.1) is 18.0 Å². The predicted octanol–water partition coefficient (Wildman–Crippen LogP) is 4.95. The van der Waals surface area contributed by atoms with Gasteiger partial charge in [-0.3, -0.25) is 9.59 Å². The molecule has 6 nitrogen and oxygen atoms in total. The van der Waals surface area contributed by atoms with Crippen LogP contribution in [0.1, 0.15) is 46.4 Å². The van der Waals surface area contributed by atoms with E-state index in [1.807, 2.05) is 60.7 Å². The van der Waals surface area contributed by atoms with Gasteiger partial charge in [0.2, 0.25) is 11.8 Å². The van der Waals surface area contributed by atoms with E-state index in [1.54, 1.807) is 35.4 Å². The highest BCUT2D eigenvalue weighted by molar-refractivity contribution is 5.95. The number of nitrogens with zero attached hydrogens (tertiary/aromatic N) is 1. The molecular formula is C27H24N2O4. The summed E-state index contributed by atoms with van der Waals surface area (Å²) in [5.41, 5.74) is 3.63. The van der Waals surface area contributed by atoms with E-state index in [0.29, 0.717) is 11.3 Å². The van der Waals surface area contributed by atoms with Gasteiger partial charge in [0.15, 0.2) is 0 Å². The van der Waals surface area contributed by atoms with E-state index < -0.39 is 12.0 Å². The lowest BCUT2D eigenvalue weighted by Gasteiger charge is -2.32. The molecule has 0 saturated carbocycles. The van der Waals surface area contributed by atoms with Crippen molar-refractivity contribution >= 4 is 29.5 Å². The minimum atomic E-state index is -0.468. The summed E-state index contributed by atoms with van der Waals surface area (Å²) in [6, 6.07) is 23.4. The Kier molecular flexibility index (Phi) is 6.64. The van der Waals surface area contributed by atoms with Crippen molar-refractivity contribution in [2.45, 2.75) is 26.0 Å². The Balaban J connectivity index is 1.43. The van der Waals surface area contributed by atoms with Crippen molar-refractivity contribution in [2.75, 3.05) is 5.32 Å². The number of hydrogen-bond donors (Lipinski definition) is 1. The molecule has 0 aliphatic carbocycles. The Morgan fingerprint density at radius 2 is 1.70 bits per heavy atom. The summed E-state index contributed by atoms with van der Waals surface area (Å²) in [7, 11) is 0. The first kappa shape index (κ1) is 22.0. The van der Waals surface area contributed by atoms with Crippen LogP contribution in [0.3, 0.4) is 0 Å². The molecule has 33 heavy (non-hydrogen) atoms. The van der Waals surface area contributed by atoms with Gasteiger partial charge in [-0.2, -0.15) is 0 Å². The molecule has 0 radical (unpaired) electrons. The van der Waals surface area contributed by atoms with Gasteiger partial charge in [0.1, 0.15) is 6.61 Å². The van der Waals surface area contributed by atoms with Crippen LogP contribution in [0.25, 0.3) is 6.08 Å². The second-order valence-electron chi connectivity index (χ2n) is 7.78. The number of amides is 2. The lowest BCUT2D eigenvalue weighted by atomic mass is 9.93. The highest BCUT2D eigenvalue weighted by atomic mass is 16.5. The number of ether oxygens (including phenoxy) is 1. The number of anilines is 1. The van der Waals surface area contributed by atoms with E-state index in [0.717, 1.165) is 16.7 Å². The third-order valence-corrected chi connectivity index (χ3v) is 5.44. The van der Waals surface area contributed by atoms with Crippen LogP contribution in [-0.4, -0.2) is 22.7 Å². The highest BCUT2D eigenvalue weighted by Crippen LogP contribution is 2.33. The van der Waals surface area contributed by atoms with E-state index in [2.05, 4.69) is 5.32 Å². The van der Waals surface area contributed by atoms with Gasteiger partial charge >= 0.3 is 5.97 Å². The Labute approximate surface area is 192 Å². The first-order chi connectivity index (χ1) is 16.0. The smallest absolute Gasteiger partial charge is 0.338 e. The van der Waals surface area contributed by atoms with Crippen molar-refractivity contribution in [3.05, 3.63) is 107 Å². The molecule has 1 heterocycles. The van der Waals surface area contributed by atoms with Crippen LogP contribution in [-0.2, 0) is 20.9 Å². The molecule has 1 unspecified atom stereocenters. The Hall–Kier alpha value is -4.19. The number of esters is 1.